The Bertz CT molecular complexity index is 695. The zero-order chi connectivity index (χ0) is 17.7. The van der Waals surface area contributed by atoms with Gasteiger partial charge in [-0.2, -0.15) is 4.31 Å². The highest BCUT2D eigenvalue weighted by Crippen LogP contribution is 2.24. The fourth-order valence-corrected chi connectivity index (χ4v) is 3.86. The van der Waals surface area contributed by atoms with Crippen LogP contribution in [0.1, 0.15) is 12.8 Å². The van der Waals surface area contributed by atoms with E-state index in [9.17, 15) is 22.4 Å². The molecule has 24 heavy (non-hydrogen) atoms. The molecule has 1 aromatic carbocycles. The van der Waals surface area contributed by atoms with Crippen molar-refractivity contribution in [2.24, 2.45) is 5.92 Å². The standard InChI is InChI=1S/C15H18FNO6S/c1-22-14(18)10-23-15(19)11-6-8-17(9-7-11)24(20,21)13-4-2-12(16)3-5-13/h2-5,11H,6-10H2,1H3. The van der Waals surface area contributed by atoms with Crippen molar-refractivity contribution in [2.75, 3.05) is 26.8 Å². The fourth-order valence-electron chi connectivity index (χ4n) is 2.39. The summed E-state index contributed by atoms with van der Waals surface area (Å²) in [6.07, 6.45) is 0.584. The molecule has 0 spiro atoms. The molecule has 0 N–H and O–H groups in total. The van der Waals surface area contributed by atoms with Crippen molar-refractivity contribution in [3.05, 3.63) is 30.1 Å². The largest absolute Gasteiger partial charge is 0.466 e. The van der Waals surface area contributed by atoms with E-state index < -0.39 is 40.3 Å². The molecule has 1 aromatic rings. The molecule has 2 rings (SSSR count). The van der Waals surface area contributed by atoms with E-state index in [0.29, 0.717) is 12.8 Å². The number of nitrogens with zero attached hydrogens (tertiary/aromatic N) is 1. The summed E-state index contributed by atoms with van der Waals surface area (Å²) in [7, 11) is -2.53. The molecule has 132 valence electrons. The molecule has 1 aliphatic heterocycles. The number of piperidine rings is 1. The minimum absolute atomic E-state index is 0.00983. The molecule has 1 saturated heterocycles. The van der Waals surface area contributed by atoms with E-state index in [2.05, 4.69) is 4.74 Å². The van der Waals surface area contributed by atoms with Crippen LogP contribution in [0.25, 0.3) is 0 Å². The maximum Gasteiger partial charge on any atom is 0.344 e. The molecule has 9 heteroatoms. The third kappa shape index (κ3) is 4.30. The lowest BCUT2D eigenvalue weighted by atomic mass is 9.98. The molecule has 0 bridgehead atoms. The number of ether oxygens (including phenoxy) is 2. The Hall–Kier alpha value is -2.00. The van der Waals surface area contributed by atoms with Gasteiger partial charge in [0, 0.05) is 13.1 Å². The zero-order valence-corrected chi connectivity index (χ0v) is 13.9. The molecule has 0 saturated carbocycles. The average molecular weight is 359 g/mol. The van der Waals surface area contributed by atoms with Crippen LogP contribution in [-0.2, 0) is 29.1 Å². The van der Waals surface area contributed by atoms with Gasteiger partial charge in [0.15, 0.2) is 6.61 Å². The summed E-state index contributed by atoms with van der Waals surface area (Å²) in [6, 6.07) is 4.59. The van der Waals surface area contributed by atoms with Gasteiger partial charge in [-0.15, -0.1) is 0 Å². The highest BCUT2D eigenvalue weighted by molar-refractivity contribution is 7.89. The molecule has 1 aliphatic rings. The number of halogens is 1. The molecular formula is C15H18FNO6S. The molecular weight excluding hydrogens is 341 g/mol. The molecule has 0 radical (unpaired) electrons. The van der Waals surface area contributed by atoms with E-state index in [1.165, 1.54) is 23.5 Å². The summed E-state index contributed by atoms with van der Waals surface area (Å²) in [6.45, 7) is -0.154. The van der Waals surface area contributed by atoms with Crippen LogP contribution in [0.2, 0.25) is 0 Å². The quantitative estimate of drug-likeness (QED) is 0.727. The minimum Gasteiger partial charge on any atom is -0.466 e. The second kappa shape index (κ2) is 7.71. The molecule has 1 heterocycles. The van der Waals surface area contributed by atoms with Gasteiger partial charge >= 0.3 is 11.9 Å². The third-order valence-corrected chi connectivity index (χ3v) is 5.71. The lowest BCUT2D eigenvalue weighted by Gasteiger charge is -2.30. The molecule has 1 fully saturated rings. The smallest absolute Gasteiger partial charge is 0.344 e. The van der Waals surface area contributed by atoms with Crippen LogP contribution in [-0.4, -0.2) is 51.5 Å². The number of carbonyl (C=O) groups excluding carboxylic acids is 2. The Kier molecular flexibility index (Phi) is 5.89. The van der Waals surface area contributed by atoms with Crippen molar-refractivity contribution >= 4 is 22.0 Å². The molecule has 0 atom stereocenters. The van der Waals surface area contributed by atoms with Crippen molar-refractivity contribution in [3.63, 3.8) is 0 Å². The maximum absolute atomic E-state index is 12.9. The zero-order valence-electron chi connectivity index (χ0n) is 13.1. The van der Waals surface area contributed by atoms with Gasteiger partial charge in [-0.25, -0.2) is 17.6 Å². The van der Waals surface area contributed by atoms with Crippen molar-refractivity contribution in [2.45, 2.75) is 17.7 Å². The topological polar surface area (TPSA) is 90.0 Å². The Balaban J connectivity index is 1.93. The summed E-state index contributed by atoms with van der Waals surface area (Å²) >= 11 is 0. The highest BCUT2D eigenvalue weighted by atomic mass is 32.2. The van der Waals surface area contributed by atoms with Crippen molar-refractivity contribution < 1.29 is 31.9 Å². The van der Waals surface area contributed by atoms with Gasteiger partial charge in [0.1, 0.15) is 5.82 Å². The van der Waals surface area contributed by atoms with Crippen LogP contribution in [0.15, 0.2) is 29.2 Å². The van der Waals surface area contributed by atoms with Crippen LogP contribution < -0.4 is 0 Å². The summed E-state index contributed by atoms with van der Waals surface area (Å²) in [5.41, 5.74) is 0. The number of methoxy groups -OCH3 is 1. The first-order valence-electron chi connectivity index (χ1n) is 7.33. The van der Waals surface area contributed by atoms with Gasteiger partial charge in [0.05, 0.1) is 17.9 Å². The van der Waals surface area contributed by atoms with Crippen LogP contribution in [0.3, 0.4) is 0 Å². The van der Waals surface area contributed by atoms with Crippen LogP contribution in [0.5, 0.6) is 0 Å². The van der Waals surface area contributed by atoms with Crippen molar-refractivity contribution in [3.8, 4) is 0 Å². The predicted octanol–water partition coefficient (Wildman–Crippen LogP) is 0.943. The number of sulfonamides is 1. The molecule has 0 unspecified atom stereocenters. The highest BCUT2D eigenvalue weighted by Gasteiger charge is 2.33. The molecule has 0 aliphatic carbocycles. The molecule has 0 amide bonds. The number of benzene rings is 1. The Morgan fingerprint density at radius 3 is 2.33 bits per heavy atom. The first-order valence-corrected chi connectivity index (χ1v) is 8.78. The fraction of sp³-hybridized carbons (Fsp3) is 0.467. The van der Waals surface area contributed by atoms with Gasteiger partial charge in [-0.3, -0.25) is 4.79 Å². The van der Waals surface area contributed by atoms with Gasteiger partial charge in [0.25, 0.3) is 0 Å². The number of carbonyl (C=O) groups is 2. The Morgan fingerprint density at radius 1 is 1.21 bits per heavy atom. The van der Waals surface area contributed by atoms with Crippen molar-refractivity contribution in [1.29, 1.82) is 0 Å². The van der Waals surface area contributed by atoms with Crippen LogP contribution in [0.4, 0.5) is 4.39 Å². The summed E-state index contributed by atoms with van der Waals surface area (Å²) in [4.78, 5) is 22.8. The first kappa shape index (κ1) is 18.3. The maximum atomic E-state index is 12.9. The van der Waals surface area contributed by atoms with Gasteiger partial charge < -0.3 is 9.47 Å². The van der Waals surface area contributed by atoms with E-state index in [0.717, 1.165) is 12.1 Å². The lowest BCUT2D eigenvalue weighted by molar-refractivity contribution is -0.160. The number of hydrogen-bond acceptors (Lipinski definition) is 6. The van der Waals surface area contributed by atoms with Gasteiger partial charge in [-0.05, 0) is 37.1 Å². The summed E-state index contributed by atoms with van der Waals surface area (Å²) in [5, 5.41) is 0. The van der Waals surface area contributed by atoms with Gasteiger partial charge in [-0.1, -0.05) is 0 Å². The van der Waals surface area contributed by atoms with E-state index in [1.54, 1.807) is 0 Å². The van der Waals surface area contributed by atoms with Crippen molar-refractivity contribution in [1.82, 2.24) is 4.31 Å². The summed E-state index contributed by atoms with van der Waals surface area (Å²) in [5.74, 6) is -2.17. The predicted molar refractivity (Wildman–Crippen MR) is 80.9 cm³/mol. The SMILES string of the molecule is COC(=O)COC(=O)C1CCN(S(=O)(=O)c2ccc(F)cc2)CC1. The summed E-state index contributed by atoms with van der Waals surface area (Å²) < 4.78 is 48.3. The second-order valence-electron chi connectivity index (χ2n) is 5.32. The van der Waals surface area contributed by atoms with Crippen LogP contribution >= 0.6 is 0 Å². The third-order valence-electron chi connectivity index (χ3n) is 3.80. The Labute approximate surface area is 139 Å². The lowest BCUT2D eigenvalue weighted by Crippen LogP contribution is -2.40. The van der Waals surface area contributed by atoms with E-state index in [1.807, 2.05) is 0 Å². The minimum atomic E-state index is -3.72. The van der Waals surface area contributed by atoms with Gasteiger partial charge in [0.2, 0.25) is 10.0 Å². The monoisotopic (exact) mass is 359 g/mol. The van der Waals surface area contributed by atoms with E-state index in [-0.39, 0.29) is 18.0 Å². The van der Waals surface area contributed by atoms with E-state index in [4.69, 9.17) is 4.74 Å². The van der Waals surface area contributed by atoms with Crippen LogP contribution in [0, 0.1) is 11.7 Å². The normalized spacial score (nSPS) is 16.6. The first-order chi connectivity index (χ1) is 11.3. The van der Waals surface area contributed by atoms with E-state index >= 15 is 0 Å². The number of hydrogen-bond donors (Lipinski definition) is 0. The Morgan fingerprint density at radius 2 is 1.79 bits per heavy atom. The second-order valence-corrected chi connectivity index (χ2v) is 7.25. The number of rotatable bonds is 5. The average Bonchev–Trinajstić information content (AvgIpc) is 2.59. The number of esters is 2. The molecule has 7 nitrogen and oxygen atoms in total. The molecule has 0 aromatic heterocycles.